The van der Waals surface area contributed by atoms with E-state index in [1.807, 2.05) is 0 Å². The van der Waals surface area contributed by atoms with Gasteiger partial charge in [-0.05, 0) is 31.0 Å². The third-order valence-corrected chi connectivity index (χ3v) is 5.69. The van der Waals surface area contributed by atoms with Gasteiger partial charge in [0.1, 0.15) is 0 Å². The summed E-state index contributed by atoms with van der Waals surface area (Å²) >= 11 is 0. The number of carboxylic acid groups (broad SMARTS) is 1. The highest BCUT2D eigenvalue weighted by Crippen LogP contribution is 2.36. The monoisotopic (exact) mass is 362 g/mol. The van der Waals surface area contributed by atoms with Crippen LogP contribution in [0.2, 0.25) is 0 Å². The maximum atomic E-state index is 13.2. The van der Waals surface area contributed by atoms with E-state index in [0.29, 0.717) is 6.07 Å². The summed E-state index contributed by atoms with van der Waals surface area (Å²) in [5.74, 6) is -2.15. The van der Waals surface area contributed by atoms with Gasteiger partial charge in [-0.2, -0.15) is 22.7 Å². The van der Waals surface area contributed by atoms with E-state index in [9.17, 15) is 26.4 Å². The Morgan fingerprint density at radius 2 is 2.04 bits per heavy atom. The molecule has 0 spiro atoms. The van der Waals surface area contributed by atoms with Crippen LogP contribution in [0, 0.1) is 17.2 Å². The second-order valence-electron chi connectivity index (χ2n) is 5.36. The summed E-state index contributed by atoms with van der Waals surface area (Å²) in [5.41, 5.74) is -1.75. The van der Waals surface area contributed by atoms with Crippen LogP contribution < -0.4 is 0 Å². The zero-order valence-corrected chi connectivity index (χ0v) is 13.1. The summed E-state index contributed by atoms with van der Waals surface area (Å²) in [5, 5.41) is 17.7. The quantitative estimate of drug-likeness (QED) is 0.887. The van der Waals surface area contributed by atoms with E-state index in [1.165, 1.54) is 6.07 Å². The lowest BCUT2D eigenvalue weighted by molar-refractivity contribution is -0.143. The van der Waals surface area contributed by atoms with Crippen LogP contribution in [0.1, 0.15) is 24.0 Å². The van der Waals surface area contributed by atoms with Crippen molar-refractivity contribution in [3.8, 4) is 6.07 Å². The molecule has 0 amide bonds. The number of aliphatic carboxylic acids is 1. The topological polar surface area (TPSA) is 98.5 Å². The van der Waals surface area contributed by atoms with Gasteiger partial charge in [0, 0.05) is 13.1 Å². The minimum Gasteiger partial charge on any atom is -0.481 e. The van der Waals surface area contributed by atoms with Crippen LogP contribution in [0.4, 0.5) is 13.2 Å². The number of halogens is 3. The molecule has 6 nitrogen and oxygen atoms in total. The summed E-state index contributed by atoms with van der Waals surface area (Å²) in [7, 11) is -4.53. The number of alkyl halides is 3. The minimum atomic E-state index is -4.96. The molecule has 0 radical (unpaired) electrons. The van der Waals surface area contributed by atoms with E-state index in [4.69, 9.17) is 10.4 Å². The molecular weight excluding hydrogens is 349 g/mol. The van der Waals surface area contributed by atoms with Crippen LogP contribution in [-0.2, 0) is 21.0 Å². The van der Waals surface area contributed by atoms with Crippen molar-refractivity contribution in [2.24, 2.45) is 5.92 Å². The van der Waals surface area contributed by atoms with Gasteiger partial charge in [-0.3, -0.25) is 4.79 Å². The van der Waals surface area contributed by atoms with Crippen molar-refractivity contribution in [2.45, 2.75) is 23.9 Å². The Bertz CT molecular complexity index is 799. The molecule has 0 bridgehead atoms. The Morgan fingerprint density at radius 3 is 2.58 bits per heavy atom. The minimum absolute atomic E-state index is 0.0522. The Kier molecular flexibility index (Phi) is 4.87. The van der Waals surface area contributed by atoms with Crippen LogP contribution in [0.5, 0.6) is 0 Å². The third kappa shape index (κ3) is 3.52. The molecular formula is C14H13F3N2O4S. The van der Waals surface area contributed by atoms with Crippen molar-refractivity contribution in [1.29, 1.82) is 5.26 Å². The highest BCUT2D eigenvalue weighted by Gasteiger charge is 2.41. The Balaban J connectivity index is 2.50. The number of rotatable bonds is 3. The molecule has 1 aliphatic heterocycles. The fraction of sp³-hybridized carbons (Fsp3) is 0.429. The maximum Gasteiger partial charge on any atom is 0.417 e. The Morgan fingerprint density at radius 1 is 1.38 bits per heavy atom. The summed E-state index contributed by atoms with van der Waals surface area (Å²) in [4.78, 5) is 10.1. The Hall–Kier alpha value is -2.12. The van der Waals surface area contributed by atoms with Gasteiger partial charge >= 0.3 is 12.1 Å². The molecule has 1 atom stereocenters. The molecule has 1 aliphatic rings. The number of carbonyl (C=O) groups is 1. The first-order valence-corrected chi connectivity index (χ1v) is 8.35. The highest BCUT2D eigenvalue weighted by atomic mass is 32.2. The lowest BCUT2D eigenvalue weighted by Gasteiger charge is -2.30. The van der Waals surface area contributed by atoms with Gasteiger partial charge < -0.3 is 5.11 Å². The first kappa shape index (κ1) is 18.2. The number of piperidine rings is 1. The van der Waals surface area contributed by atoms with Crippen LogP contribution in [0.15, 0.2) is 23.1 Å². The number of benzene rings is 1. The molecule has 0 aromatic heterocycles. The van der Waals surface area contributed by atoms with Gasteiger partial charge in [-0.25, -0.2) is 8.42 Å². The Labute approximate surface area is 136 Å². The van der Waals surface area contributed by atoms with Crippen molar-refractivity contribution in [3.63, 3.8) is 0 Å². The predicted octanol–water partition coefficient (Wildman–Crippen LogP) is 2.06. The van der Waals surface area contributed by atoms with Crippen LogP contribution in [-0.4, -0.2) is 36.9 Å². The number of nitriles is 1. The van der Waals surface area contributed by atoms with Crippen LogP contribution in [0.3, 0.4) is 0 Å². The molecule has 0 aliphatic carbocycles. The zero-order valence-electron chi connectivity index (χ0n) is 12.2. The average molecular weight is 362 g/mol. The molecule has 10 heteroatoms. The van der Waals surface area contributed by atoms with Gasteiger partial charge in [0.15, 0.2) is 0 Å². The van der Waals surface area contributed by atoms with E-state index in [1.54, 1.807) is 0 Å². The number of carboxylic acids is 1. The first-order chi connectivity index (χ1) is 11.1. The summed E-state index contributed by atoms with van der Waals surface area (Å²) in [6, 6.07) is 3.74. The smallest absolute Gasteiger partial charge is 0.417 e. The van der Waals surface area contributed by atoms with Crippen molar-refractivity contribution >= 4 is 16.0 Å². The van der Waals surface area contributed by atoms with Gasteiger partial charge in [0.25, 0.3) is 0 Å². The number of sulfonamides is 1. The van der Waals surface area contributed by atoms with E-state index >= 15 is 0 Å². The van der Waals surface area contributed by atoms with Crippen molar-refractivity contribution in [1.82, 2.24) is 4.31 Å². The molecule has 24 heavy (non-hydrogen) atoms. The molecule has 1 N–H and O–H groups in total. The zero-order chi connectivity index (χ0) is 18.1. The lowest BCUT2D eigenvalue weighted by Crippen LogP contribution is -2.42. The number of nitrogens with zero attached hydrogens (tertiary/aromatic N) is 2. The van der Waals surface area contributed by atoms with Crippen molar-refractivity contribution < 1.29 is 31.5 Å². The molecule has 2 rings (SSSR count). The molecule has 1 heterocycles. The van der Waals surface area contributed by atoms with E-state index in [-0.39, 0.29) is 31.5 Å². The van der Waals surface area contributed by atoms with Gasteiger partial charge in [-0.1, -0.05) is 0 Å². The molecule has 0 saturated carbocycles. The SMILES string of the molecule is N#Cc1ccc(S(=O)(=O)N2CCCC(C(=O)O)C2)c(C(F)(F)F)c1. The van der Waals surface area contributed by atoms with Gasteiger partial charge in [0.05, 0.1) is 28.0 Å². The van der Waals surface area contributed by atoms with Crippen LogP contribution in [0.25, 0.3) is 0 Å². The summed E-state index contributed by atoms with van der Waals surface area (Å²) in [6.07, 6.45) is -4.45. The molecule has 1 aromatic rings. The third-order valence-electron chi connectivity index (χ3n) is 3.77. The summed E-state index contributed by atoms with van der Waals surface area (Å²) in [6.45, 7) is -0.432. The second kappa shape index (κ2) is 6.41. The maximum absolute atomic E-state index is 13.2. The average Bonchev–Trinajstić information content (AvgIpc) is 2.53. The largest absolute Gasteiger partial charge is 0.481 e. The fourth-order valence-corrected chi connectivity index (χ4v) is 4.26. The molecule has 1 unspecified atom stereocenters. The van der Waals surface area contributed by atoms with Crippen molar-refractivity contribution in [2.75, 3.05) is 13.1 Å². The van der Waals surface area contributed by atoms with Gasteiger partial charge in [-0.15, -0.1) is 0 Å². The van der Waals surface area contributed by atoms with Gasteiger partial charge in [0.2, 0.25) is 10.0 Å². The standard InChI is InChI=1S/C14H13F3N2O4S/c15-14(16,17)11-6-9(7-18)3-4-12(11)24(22,23)19-5-1-2-10(8-19)13(20)21/h3-4,6,10H,1-2,5,8H2,(H,20,21). The predicted molar refractivity (Wildman–Crippen MR) is 75.3 cm³/mol. The molecule has 1 aromatic carbocycles. The lowest BCUT2D eigenvalue weighted by atomic mass is 10.0. The summed E-state index contributed by atoms with van der Waals surface area (Å²) < 4.78 is 65.4. The fourth-order valence-electron chi connectivity index (χ4n) is 2.55. The highest BCUT2D eigenvalue weighted by molar-refractivity contribution is 7.89. The van der Waals surface area contributed by atoms with E-state index in [2.05, 4.69) is 0 Å². The first-order valence-electron chi connectivity index (χ1n) is 6.91. The second-order valence-corrected chi connectivity index (χ2v) is 7.27. The normalized spacial score (nSPS) is 19.7. The van der Waals surface area contributed by atoms with E-state index in [0.717, 1.165) is 16.4 Å². The number of hydrogen-bond acceptors (Lipinski definition) is 4. The molecule has 130 valence electrons. The number of hydrogen-bond donors (Lipinski definition) is 1. The molecule has 1 saturated heterocycles. The molecule has 1 fully saturated rings. The van der Waals surface area contributed by atoms with Crippen LogP contribution >= 0.6 is 0 Å². The van der Waals surface area contributed by atoms with E-state index < -0.39 is 38.5 Å². The van der Waals surface area contributed by atoms with Crippen molar-refractivity contribution in [3.05, 3.63) is 29.3 Å².